The Bertz CT molecular complexity index is 249. The second-order valence-electron chi connectivity index (χ2n) is 4.17. The Morgan fingerprint density at radius 2 is 2.00 bits per heavy atom. The summed E-state index contributed by atoms with van der Waals surface area (Å²) in [6.45, 7) is 0. The average molecular weight is 188 g/mol. The summed E-state index contributed by atoms with van der Waals surface area (Å²) in [5.74, 6) is 1.80. The van der Waals surface area contributed by atoms with Gasteiger partial charge in [0.25, 0.3) is 0 Å². The van der Waals surface area contributed by atoms with Gasteiger partial charge >= 0.3 is 0 Å². The third kappa shape index (κ3) is 2.83. The number of hydrogen-bond acceptors (Lipinski definition) is 1. The van der Waals surface area contributed by atoms with Crippen LogP contribution < -0.4 is 0 Å². The van der Waals surface area contributed by atoms with Gasteiger partial charge in [-0.15, -0.1) is 0 Å². The summed E-state index contributed by atoms with van der Waals surface area (Å²) in [6, 6.07) is 4.20. The van der Waals surface area contributed by atoms with Crippen LogP contribution in [0.15, 0.2) is 24.5 Å². The normalized spacial score (nSPS) is 17.4. The number of pyridine rings is 1. The highest BCUT2D eigenvalue weighted by atomic mass is 14.6. The quantitative estimate of drug-likeness (QED) is 0.704. The lowest BCUT2D eigenvalue weighted by Gasteiger charge is -2.07. The molecule has 1 nitrogen and oxygen atoms in total. The molecule has 0 atom stereocenters. The molecule has 0 saturated heterocycles. The van der Waals surface area contributed by atoms with Crippen LogP contribution in [0.1, 0.15) is 44.1 Å². The fourth-order valence-electron chi connectivity index (χ4n) is 2.21. The van der Waals surface area contributed by atoms with E-state index in [-0.39, 0.29) is 0 Å². The Labute approximate surface area is 86.6 Å². The summed E-state index contributed by atoms with van der Waals surface area (Å²) < 4.78 is 0. The van der Waals surface area contributed by atoms with Gasteiger partial charge in [-0.05, 0) is 49.7 Å². The smallest absolute Gasteiger partial charge is 0.0299 e. The molecule has 1 radical (unpaired) electrons. The zero-order chi connectivity index (χ0) is 9.64. The molecule has 1 aliphatic carbocycles. The van der Waals surface area contributed by atoms with Crippen molar-refractivity contribution in [2.75, 3.05) is 0 Å². The van der Waals surface area contributed by atoms with Gasteiger partial charge in [-0.3, -0.25) is 4.98 Å². The Balaban J connectivity index is 1.67. The van der Waals surface area contributed by atoms with Crippen molar-refractivity contribution in [3.63, 3.8) is 0 Å². The van der Waals surface area contributed by atoms with Crippen molar-refractivity contribution >= 4 is 0 Å². The first-order valence-corrected chi connectivity index (χ1v) is 5.67. The Morgan fingerprint density at radius 3 is 2.71 bits per heavy atom. The highest BCUT2D eigenvalue weighted by Crippen LogP contribution is 2.30. The molecule has 0 aliphatic heterocycles. The Hall–Kier alpha value is -0.850. The van der Waals surface area contributed by atoms with Gasteiger partial charge < -0.3 is 0 Å². The van der Waals surface area contributed by atoms with Crippen LogP contribution in [0.25, 0.3) is 0 Å². The van der Waals surface area contributed by atoms with E-state index in [4.69, 9.17) is 0 Å². The second kappa shape index (κ2) is 5.14. The van der Waals surface area contributed by atoms with Gasteiger partial charge in [0.05, 0.1) is 0 Å². The number of hydrogen-bond donors (Lipinski definition) is 0. The van der Waals surface area contributed by atoms with Gasteiger partial charge in [0.2, 0.25) is 0 Å². The highest BCUT2D eigenvalue weighted by Gasteiger charge is 2.14. The molecule has 0 amide bonds. The van der Waals surface area contributed by atoms with Gasteiger partial charge in [0.15, 0.2) is 0 Å². The molecular formula is C13H18N. The van der Waals surface area contributed by atoms with Crippen LogP contribution in [-0.4, -0.2) is 4.98 Å². The number of rotatable bonds is 4. The van der Waals surface area contributed by atoms with Crippen molar-refractivity contribution in [3.8, 4) is 0 Å². The van der Waals surface area contributed by atoms with Crippen LogP contribution in [0, 0.1) is 5.92 Å². The molecular weight excluding hydrogens is 170 g/mol. The molecule has 1 aromatic heterocycles. The van der Waals surface area contributed by atoms with Gasteiger partial charge in [-0.2, -0.15) is 0 Å². The van der Waals surface area contributed by atoms with E-state index in [9.17, 15) is 0 Å². The fourth-order valence-corrected chi connectivity index (χ4v) is 2.21. The van der Waals surface area contributed by atoms with Gasteiger partial charge in [0, 0.05) is 12.4 Å². The average Bonchev–Trinajstić information content (AvgIpc) is 2.72. The molecule has 1 aliphatic rings. The van der Waals surface area contributed by atoms with Crippen LogP contribution >= 0.6 is 0 Å². The van der Waals surface area contributed by atoms with Gasteiger partial charge in [0.1, 0.15) is 0 Å². The maximum Gasteiger partial charge on any atom is 0.0299 e. The van der Waals surface area contributed by atoms with Crippen molar-refractivity contribution in [3.05, 3.63) is 36.0 Å². The molecule has 0 spiro atoms. The van der Waals surface area contributed by atoms with Crippen molar-refractivity contribution in [1.29, 1.82) is 0 Å². The molecule has 0 N–H and O–H groups in total. The zero-order valence-corrected chi connectivity index (χ0v) is 8.71. The van der Waals surface area contributed by atoms with Crippen molar-refractivity contribution in [2.45, 2.75) is 44.9 Å². The third-order valence-corrected chi connectivity index (χ3v) is 3.03. The van der Waals surface area contributed by atoms with E-state index in [0.29, 0.717) is 0 Å². The zero-order valence-electron chi connectivity index (χ0n) is 8.71. The third-order valence-electron chi connectivity index (χ3n) is 3.03. The van der Waals surface area contributed by atoms with Crippen molar-refractivity contribution in [2.24, 2.45) is 0 Å². The molecule has 1 aromatic rings. The largest absolute Gasteiger partial charge is 0.264 e. The SMILES string of the molecule is c1cncc(CCC[C]2CCCC2)c1. The molecule has 1 heteroatoms. The van der Waals surface area contributed by atoms with E-state index in [1.54, 1.807) is 5.92 Å². The predicted molar refractivity (Wildman–Crippen MR) is 58.9 cm³/mol. The summed E-state index contributed by atoms with van der Waals surface area (Å²) in [5.41, 5.74) is 1.38. The van der Waals surface area contributed by atoms with E-state index in [2.05, 4.69) is 11.1 Å². The lowest BCUT2D eigenvalue weighted by Crippen LogP contribution is -1.93. The summed E-state index contributed by atoms with van der Waals surface area (Å²) in [4.78, 5) is 4.13. The van der Waals surface area contributed by atoms with E-state index >= 15 is 0 Å². The standard InChI is InChI=1S/C13H18N/c1-2-6-12(5-1)7-3-8-13-9-4-10-14-11-13/h4,9-11H,1-3,5-8H2. The van der Waals surface area contributed by atoms with Gasteiger partial charge in [-0.25, -0.2) is 0 Å². The first-order valence-electron chi connectivity index (χ1n) is 5.67. The minimum Gasteiger partial charge on any atom is -0.264 e. The monoisotopic (exact) mass is 188 g/mol. The topological polar surface area (TPSA) is 12.9 Å². The molecule has 1 saturated carbocycles. The van der Waals surface area contributed by atoms with E-state index in [1.807, 2.05) is 18.5 Å². The predicted octanol–water partition coefficient (Wildman–Crippen LogP) is 3.55. The summed E-state index contributed by atoms with van der Waals surface area (Å²) in [5, 5.41) is 0. The lowest BCUT2D eigenvalue weighted by molar-refractivity contribution is 0.699. The molecule has 1 heterocycles. The minimum atomic E-state index is 1.19. The number of aryl methyl sites for hydroxylation is 1. The van der Waals surface area contributed by atoms with Crippen molar-refractivity contribution < 1.29 is 0 Å². The number of aromatic nitrogens is 1. The maximum atomic E-state index is 4.13. The molecule has 14 heavy (non-hydrogen) atoms. The molecule has 1 fully saturated rings. The summed E-state index contributed by atoms with van der Waals surface area (Å²) >= 11 is 0. The van der Waals surface area contributed by atoms with Crippen LogP contribution in [0.3, 0.4) is 0 Å². The minimum absolute atomic E-state index is 1.19. The van der Waals surface area contributed by atoms with Crippen LogP contribution in [0.4, 0.5) is 0 Å². The molecule has 0 unspecified atom stereocenters. The van der Waals surface area contributed by atoms with E-state index in [0.717, 1.165) is 0 Å². The van der Waals surface area contributed by atoms with Gasteiger partial charge in [-0.1, -0.05) is 18.9 Å². The van der Waals surface area contributed by atoms with Crippen molar-refractivity contribution in [1.82, 2.24) is 4.98 Å². The molecule has 75 valence electrons. The van der Waals surface area contributed by atoms with E-state index in [1.165, 1.54) is 50.5 Å². The Morgan fingerprint density at radius 1 is 1.14 bits per heavy atom. The van der Waals surface area contributed by atoms with Crippen LogP contribution in [0.2, 0.25) is 0 Å². The molecule has 2 rings (SSSR count). The van der Waals surface area contributed by atoms with E-state index < -0.39 is 0 Å². The fraction of sp³-hybridized carbons (Fsp3) is 0.538. The van der Waals surface area contributed by atoms with Crippen LogP contribution in [0.5, 0.6) is 0 Å². The Kier molecular flexibility index (Phi) is 3.56. The first-order chi connectivity index (χ1) is 6.95. The highest BCUT2D eigenvalue weighted by molar-refractivity contribution is 5.08. The van der Waals surface area contributed by atoms with Crippen LogP contribution in [-0.2, 0) is 6.42 Å². The number of nitrogens with zero attached hydrogens (tertiary/aromatic N) is 1. The summed E-state index contributed by atoms with van der Waals surface area (Å²) in [6.07, 6.45) is 13.3. The maximum absolute atomic E-state index is 4.13. The second-order valence-corrected chi connectivity index (χ2v) is 4.17. The summed E-state index contributed by atoms with van der Waals surface area (Å²) in [7, 11) is 0. The molecule has 0 bridgehead atoms. The first kappa shape index (κ1) is 9.70. The lowest BCUT2D eigenvalue weighted by atomic mass is 9.99. The molecule has 0 aromatic carbocycles.